The number of carbonyl (C=O) groups is 3. The molecule has 2 aromatic carbocycles. The highest BCUT2D eigenvalue weighted by Crippen LogP contribution is 2.49. The number of ketones is 2. The number of non-ortho nitro benzene ring substituents is 1. The summed E-state index contributed by atoms with van der Waals surface area (Å²) in [6.07, 6.45) is 3.05. The molecule has 0 saturated heterocycles. The van der Waals surface area contributed by atoms with Crippen LogP contribution in [0, 0.1) is 20.2 Å². The summed E-state index contributed by atoms with van der Waals surface area (Å²) in [5.74, 6) is -1.64. The molecule has 1 aliphatic heterocycles. The van der Waals surface area contributed by atoms with Crippen LogP contribution in [0.4, 0.5) is 11.4 Å². The van der Waals surface area contributed by atoms with E-state index in [9.17, 15) is 39.7 Å². The molecule has 3 aliphatic rings. The smallest absolute Gasteiger partial charge is 0.318 e. The van der Waals surface area contributed by atoms with Crippen LogP contribution < -0.4 is 4.74 Å². The van der Waals surface area contributed by atoms with Crippen molar-refractivity contribution in [2.45, 2.75) is 50.9 Å². The minimum absolute atomic E-state index is 0.0710. The van der Waals surface area contributed by atoms with Gasteiger partial charge in [0, 0.05) is 53.9 Å². The predicted molar refractivity (Wildman–Crippen MR) is 140 cm³/mol. The Bertz CT molecular complexity index is 1460. The molecule has 2 aromatic rings. The van der Waals surface area contributed by atoms with E-state index >= 15 is 0 Å². The van der Waals surface area contributed by atoms with Crippen LogP contribution in [-0.2, 0) is 14.4 Å². The molecule has 0 atom stereocenters. The van der Waals surface area contributed by atoms with E-state index in [1.807, 2.05) is 4.90 Å². The number of allylic oxidation sites excluding steroid dienone is 4. The van der Waals surface area contributed by atoms with E-state index in [1.54, 1.807) is 24.3 Å². The van der Waals surface area contributed by atoms with Crippen molar-refractivity contribution in [3.63, 3.8) is 0 Å². The number of nitro groups is 2. The standard InChI is InChI=1S/C28H25N3O9/c32-22-5-1-3-19-27(22)26(28-20(4-2-6-23(28)33)29(19)14-13-25(34)35)16-7-10-18(11-8-16)40-24-12-9-17(30(36)37)15-21(24)31(38)39/h7-12,15,26H,1-6,13-14H2,(H,34,35). The van der Waals surface area contributed by atoms with Crippen LogP contribution in [0.2, 0.25) is 0 Å². The molecule has 0 bridgehead atoms. The van der Waals surface area contributed by atoms with Crippen LogP contribution >= 0.6 is 0 Å². The molecule has 206 valence electrons. The van der Waals surface area contributed by atoms with E-state index < -0.39 is 33.1 Å². The lowest BCUT2D eigenvalue weighted by Gasteiger charge is -2.44. The first kappa shape index (κ1) is 26.7. The first-order valence-electron chi connectivity index (χ1n) is 12.9. The summed E-state index contributed by atoms with van der Waals surface area (Å²) in [5, 5.41) is 31.8. The fraction of sp³-hybridized carbons (Fsp3) is 0.321. The van der Waals surface area contributed by atoms with Crippen molar-refractivity contribution in [3.8, 4) is 11.5 Å². The van der Waals surface area contributed by atoms with Gasteiger partial charge in [-0.15, -0.1) is 0 Å². The molecule has 0 aromatic heterocycles. The summed E-state index contributed by atoms with van der Waals surface area (Å²) in [4.78, 5) is 60.8. The van der Waals surface area contributed by atoms with Gasteiger partial charge in [0.15, 0.2) is 11.6 Å². The van der Waals surface area contributed by atoms with Gasteiger partial charge >= 0.3 is 11.7 Å². The number of benzene rings is 2. The molecule has 0 radical (unpaired) electrons. The molecule has 40 heavy (non-hydrogen) atoms. The number of hydrogen-bond acceptors (Lipinski definition) is 9. The normalized spacial score (nSPS) is 17.4. The second-order valence-electron chi connectivity index (χ2n) is 9.84. The molecule has 1 heterocycles. The second-order valence-corrected chi connectivity index (χ2v) is 9.84. The molecule has 0 unspecified atom stereocenters. The van der Waals surface area contributed by atoms with Gasteiger partial charge in [0.25, 0.3) is 5.69 Å². The Morgan fingerprint density at radius 3 is 2.02 bits per heavy atom. The zero-order chi connectivity index (χ0) is 28.6. The van der Waals surface area contributed by atoms with E-state index in [0.717, 1.165) is 29.6 Å². The average molecular weight is 548 g/mol. The first-order chi connectivity index (χ1) is 19.2. The largest absolute Gasteiger partial charge is 0.481 e. The van der Waals surface area contributed by atoms with Gasteiger partial charge in [-0.25, -0.2) is 0 Å². The van der Waals surface area contributed by atoms with Crippen LogP contribution in [0.15, 0.2) is 65.0 Å². The van der Waals surface area contributed by atoms with Gasteiger partial charge in [-0.1, -0.05) is 12.1 Å². The number of Topliss-reactive ketones (excluding diaryl/α,β-unsaturated/α-hetero) is 2. The molecule has 1 N–H and O–H groups in total. The van der Waals surface area contributed by atoms with Crippen molar-refractivity contribution in [2.75, 3.05) is 6.54 Å². The zero-order valence-electron chi connectivity index (χ0n) is 21.3. The summed E-state index contributed by atoms with van der Waals surface area (Å²) >= 11 is 0. The van der Waals surface area contributed by atoms with E-state index in [2.05, 4.69) is 0 Å². The third kappa shape index (κ3) is 4.95. The maximum atomic E-state index is 13.3. The molecule has 12 heteroatoms. The number of hydrogen-bond donors (Lipinski definition) is 1. The lowest BCUT2D eigenvalue weighted by atomic mass is 9.71. The Morgan fingerprint density at radius 1 is 0.900 bits per heavy atom. The number of nitrogens with zero attached hydrogens (tertiary/aromatic N) is 3. The lowest BCUT2D eigenvalue weighted by Crippen LogP contribution is -2.39. The molecule has 0 saturated carbocycles. The van der Waals surface area contributed by atoms with Gasteiger partial charge in [-0.3, -0.25) is 34.6 Å². The average Bonchev–Trinajstić information content (AvgIpc) is 2.92. The highest BCUT2D eigenvalue weighted by molar-refractivity contribution is 6.06. The van der Waals surface area contributed by atoms with Gasteiger partial charge in [-0.2, -0.15) is 0 Å². The van der Waals surface area contributed by atoms with E-state index in [1.165, 1.54) is 0 Å². The Morgan fingerprint density at radius 2 is 1.50 bits per heavy atom. The van der Waals surface area contributed by atoms with Gasteiger partial charge in [0.05, 0.1) is 22.3 Å². The Balaban J connectivity index is 1.53. The molecule has 2 aliphatic carbocycles. The van der Waals surface area contributed by atoms with Gasteiger partial charge in [0.2, 0.25) is 5.75 Å². The minimum atomic E-state index is -0.959. The Hall–Kier alpha value is -4.87. The monoisotopic (exact) mass is 547 g/mol. The summed E-state index contributed by atoms with van der Waals surface area (Å²) in [7, 11) is 0. The van der Waals surface area contributed by atoms with Crippen molar-refractivity contribution in [1.82, 2.24) is 4.90 Å². The zero-order valence-corrected chi connectivity index (χ0v) is 21.3. The first-order valence-corrected chi connectivity index (χ1v) is 12.9. The molecule has 0 amide bonds. The number of nitro benzene ring substituents is 2. The Labute approximate surface area is 227 Å². The van der Waals surface area contributed by atoms with Crippen LogP contribution in [0.3, 0.4) is 0 Å². The molecular formula is C28H25N3O9. The molecule has 5 rings (SSSR count). The summed E-state index contributed by atoms with van der Waals surface area (Å²) in [6, 6.07) is 9.63. The fourth-order valence-corrected chi connectivity index (χ4v) is 5.73. The van der Waals surface area contributed by atoms with Gasteiger partial charge < -0.3 is 14.7 Å². The van der Waals surface area contributed by atoms with E-state index in [4.69, 9.17) is 4.74 Å². The number of rotatable bonds is 8. The maximum absolute atomic E-state index is 13.3. The quantitative estimate of drug-likeness (QED) is 0.343. The van der Waals surface area contributed by atoms with Crippen LogP contribution in [0.1, 0.15) is 56.4 Å². The summed E-state index contributed by atoms with van der Waals surface area (Å²) < 4.78 is 5.69. The molecular weight excluding hydrogens is 522 g/mol. The minimum Gasteiger partial charge on any atom is -0.481 e. The Kier molecular flexibility index (Phi) is 7.16. The highest BCUT2D eigenvalue weighted by atomic mass is 16.6. The third-order valence-corrected chi connectivity index (χ3v) is 7.43. The predicted octanol–water partition coefficient (Wildman–Crippen LogP) is 5.18. The van der Waals surface area contributed by atoms with E-state index in [-0.39, 0.29) is 36.0 Å². The molecule has 0 fully saturated rings. The fourth-order valence-electron chi connectivity index (χ4n) is 5.73. The highest BCUT2D eigenvalue weighted by Gasteiger charge is 2.43. The second kappa shape index (κ2) is 10.7. The summed E-state index contributed by atoms with van der Waals surface area (Å²) in [6.45, 7) is 0.182. The molecule has 0 spiro atoms. The van der Waals surface area contributed by atoms with Crippen molar-refractivity contribution >= 4 is 28.9 Å². The lowest BCUT2D eigenvalue weighted by molar-refractivity contribution is -0.394. The van der Waals surface area contributed by atoms with Crippen molar-refractivity contribution in [2.24, 2.45) is 0 Å². The molecule has 12 nitrogen and oxygen atoms in total. The van der Waals surface area contributed by atoms with Gasteiger partial charge in [-0.05, 0) is 49.4 Å². The van der Waals surface area contributed by atoms with Crippen molar-refractivity contribution in [3.05, 3.63) is 90.8 Å². The number of aliphatic carboxylic acids is 1. The van der Waals surface area contributed by atoms with Crippen LogP contribution in [0.5, 0.6) is 11.5 Å². The summed E-state index contributed by atoms with van der Waals surface area (Å²) in [5.41, 5.74) is 2.27. The number of carbonyl (C=O) groups excluding carboxylic acids is 2. The van der Waals surface area contributed by atoms with Gasteiger partial charge in [0.1, 0.15) is 5.75 Å². The van der Waals surface area contributed by atoms with Crippen molar-refractivity contribution < 1.29 is 34.1 Å². The van der Waals surface area contributed by atoms with Crippen molar-refractivity contribution in [1.29, 1.82) is 0 Å². The number of carboxylic acids is 1. The SMILES string of the molecule is O=C(O)CCN1C2=C(C(=O)CCC2)C(c2ccc(Oc3ccc([N+](=O)[O-])cc3[N+](=O)[O-])cc2)C2=C1CCCC2=O. The number of ether oxygens (including phenoxy) is 1. The van der Waals surface area contributed by atoms with Crippen LogP contribution in [0.25, 0.3) is 0 Å². The van der Waals surface area contributed by atoms with E-state index in [0.29, 0.717) is 55.2 Å². The maximum Gasteiger partial charge on any atom is 0.318 e. The third-order valence-electron chi connectivity index (χ3n) is 7.43. The van der Waals surface area contributed by atoms with Crippen LogP contribution in [-0.4, -0.2) is 43.9 Å². The topological polar surface area (TPSA) is 170 Å². The number of carboxylic acid groups (broad SMARTS) is 1.